The standard InChI is InChI=1S/C15H20ClNO2/c1-11-3-2-4-14(9-11)17(10-15(18)19)13-7-5-12(16)6-8-13/h5-8,11,14H,2-4,9-10H2,1H3,(H,18,19). The molecule has 0 amide bonds. The van der Waals surface area contributed by atoms with Crippen LogP contribution >= 0.6 is 11.6 Å². The zero-order chi connectivity index (χ0) is 13.8. The van der Waals surface area contributed by atoms with Crippen molar-refractivity contribution in [1.29, 1.82) is 0 Å². The highest BCUT2D eigenvalue weighted by molar-refractivity contribution is 6.30. The van der Waals surface area contributed by atoms with Gasteiger partial charge >= 0.3 is 5.97 Å². The van der Waals surface area contributed by atoms with Gasteiger partial charge in [-0.25, -0.2) is 0 Å². The van der Waals surface area contributed by atoms with Crippen LogP contribution in [0.1, 0.15) is 32.6 Å². The fourth-order valence-electron chi connectivity index (χ4n) is 2.89. The summed E-state index contributed by atoms with van der Waals surface area (Å²) in [4.78, 5) is 13.1. The van der Waals surface area contributed by atoms with Crippen molar-refractivity contribution in [2.45, 2.75) is 38.6 Å². The second kappa shape index (κ2) is 6.29. The molecule has 2 unspecified atom stereocenters. The summed E-state index contributed by atoms with van der Waals surface area (Å²) >= 11 is 5.90. The lowest BCUT2D eigenvalue weighted by Gasteiger charge is -2.37. The van der Waals surface area contributed by atoms with Crippen LogP contribution in [-0.4, -0.2) is 23.7 Å². The second-order valence-corrected chi connectivity index (χ2v) is 5.86. The van der Waals surface area contributed by atoms with Crippen molar-refractivity contribution in [1.82, 2.24) is 0 Å². The van der Waals surface area contributed by atoms with E-state index in [1.807, 2.05) is 29.2 Å². The van der Waals surface area contributed by atoms with E-state index in [2.05, 4.69) is 6.92 Å². The molecule has 4 heteroatoms. The average molecular weight is 282 g/mol. The highest BCUT2D eigenvalue weighted by Crippen LogP contribution is 2.30. The molecule has 1 aromatic carbocycles. The summed E-state index contributed by atoms with van der Waals surface area (Å²) in [6.45, 7) is 2.30. The Hall–Kier alpha value is -1.22. The predicted molar refractivity (Wildman–Crippen MR) is 77.9 cm³/mol. The van der Waals surface area contributed by atoms with E-state index in [0.717, 1.165) is 18.5 Å². The first-order valence-corrected chi connectivity index (χ1v) is 7.18. The van der Waals surface area contributed by atoms with Gasteiger partial charge in [0, 0.05) is 16.8 Å². The van der Waals surface area contributed by atoms with E-state index in [4.69, 9.17) is 16.7 Å². The number of hydrogen-bond donors (Lipinski definition) is 1. The number of anilines is 1. The Kier molecular flexibility index (Phi) is 4.70. The maximum atomic E-state index is 11.1. The molecule has 2 atom stereocenters. The molecule has 19 heavy (non-hydrogen) atoms. The van der Waals surface area contributed by atoms with Crippen molar-refractivity contribution in [3.8, 4) is 0 Å². The molecule has 0 bridgehead atoms. The zero-order valence-corrected chi connectivity index (χ0v) is 11.9. The molecule has 1 aromatic rings. The lowest BCUT2D eigenvalue weighted by Crippen LogP contribution is -2.41. The van der Waals surface area contributed by atoms with Crippen molar-refractivity contribution in [2.75, 3.05) is 11.4 Å². The van der Waals surface area contributed by atoms with E-state index in [9.17, 15) is 4.79 Å². The minimum atomic E-state index is -0.784. The Balaban J connectivity index is 2.19. The van der Waals surface area contributed by atoms with Crippen molar-refractivity contribution >= 4 is 23.3 Å². The summed E-state index contributed by atoms with van der Waals surface area (Å²) in [6, 6.07) is 7.77. The molecule has 1 saturated carbocycles. The monoisotopic (exact) mass is 281 g/mol. The Morgan fingerprint density at radius 1 is 1.37 bits per heavy atom. The number of nitrogens with zero attached hydrogens (tertiary/aromatic N) is 1. The summed E-state index contributed by atoms with van der Waals surface area (Å²) in [7, 11) is 0. The Morgan fingerprint density at radius 2 is 2.05 bits per heavy atom. The van der Waals surface area contributed by atoms with Gasteiger partial charge in [-0.15, -0.1) is 0 Å². The third-order valence-electron chi connectivity index (χ3n) is 3.81. The molecule has 1 fully saturated rings. The van der Waals surface area contributed by atoms with E-state index >= 15 is 0 Å². The summed E-state index contributed by atoms with van der Waals surface area (Å²) in [5.41, 5.74) is 0.950. The lowest BCUT2D eigenvalue weighted by molar-refractivity contribution is -0.135. The van der Waals surface area contributed by atoms with Gasteiger partial charge in [0.1, 0.15) is 6.54 Å². The summed E-state index contributed by atoms with van der Waals surface area (Å²) in [5, 5.41) is 9.81. The van der Waals surface area contributed by atoms with Gasteiger partial charge in [0.2, 0.25) is 0 Å². The van der Waals surface area contributed by atoms with E-state index in [1.165, 1.54) is 12.8 Å². The molecule has 3 nitrogen and oxygen atoms in total. The van der Waals surface area contributed by atoms with Gasteiger partial charge in [0.15, 0.2) is 0 Å². The van der Waals surface area contributed by atoms with Crippen LogP contribution in [0.4, 0.5) is 5.69 Å². The molecule has 0 spiro atoms. The summed E-state index contributed by atoms with van der Waals surface area (Å²) in [5.74, 6) is -0.115. The number of halogens is 1. The van der Waals surface area contributed by atoms with Crippen LogP contribution in [0.15, 0.2) is 24.3 Å². The van der Waals surface area contributed by atoms with E-state index in [-0.39, 0.29) is 6.54 Å². The van der Waals surface area contributed by atoms with Gasteiger partial charge in [0.05, 0.1) is 0 Å². The van der Waals surface area contributed by atoms with Gasteiger partial charge in [-0.2, -0.15) is 0 Å². The van der Waals surface area contributed by atoms with Crippen molar-refractivity contribution in [2.24, 2.45) is 5.92 Å². The Bertz CT molecular complexity index is 432. The molecule has 104 valence electrons. The molecule has 0 aromatic heterocycles. The van der Waals surface area contributed by atoms with Crippen LogP contribution in [-0.2, 0) is 4.79 Å². The number of carbonyl (C=O) groups is 1. The van der Waals surface area contributed by atoms with Gasteiger partial charge in [-0.1, -0.05) is 31.4 Å². The predicted octanol–water partition coefficient (Wildman–Crippen LogP) is 3.81. The lowest BCUT2D eigenvalue weighted by atomic mass is 9.86. The smallest absolute Gasteiger partial charge is 0.323 e. The fraction of sp³-hybridized carbons (Fsp3) is 0.533. The van der Waals surface area contributed by atoms with Crippen molar-refractivity contribution in [3.05, 3.63) is 29.3 Å². The normalized spacial score (nSPS) is 23.1. The molecule has 1 aliphatic carbocycles. The summed E-state index contributed by atoms with van der Waals surface area (Å²) in [6.07, 6.45) is 4.56. The van der Waals surface area contributed by atoms with Gasteiger partial charge < -0.3 is 10.0 Å². The van der Waals surface area contributed by atoms with Crippen molar-refractivity contribution in [3.63, 3.8) is 0 Å². The number of carboxylic acids is 1. The first-order valence-electron chi connectivity index (χ1n) is 6.80. The van der Waals surface area contributed by atoms with Gasteiger partial charge in [-0.05, 0) is 43.0 Å². The van der Waals surface area contributed by atoms with Gasteiger partial charge in [0.25, 0.3) is 0 Å². The zero-order valence-electron chi connectivity index (χ0n) is 11.2. The minimum Gasteiger partial charge on any atom is -0.480 e. The van der Waals surface area contributed by atoms with Crippen LogP contribution in [0.25, 0.3) is 0 Å². The largest absolute Gasteiger partial charge is 0.480 e. The molecule has 1 aliphatic rings. The molecular weight excluding hydrogens is 262 g/mol. The molecule has 0 radical (unpaired) electrons. The van der Waals surface area contributed by atoms with Gasteiger partial charge in [-0.3, -0.25) is 4.79 Å². The number of aliphatic carboxylic acids is 1. The quantitative estimate of drug-likeness (QED) is 0.912. The highest BCUT2D eigenvalue weighted by Gasteiger charge is 2.26. The average Bonchev–Trinajstić information content (AvgIpc) is 2.37. The molecule has 1 N–H and O–H groups in total. The number of rotatable bonds is 4. The fourth-order valence-corrected chi connectivity index (χ4v) is 3.02. The molecule has 0 aliphatic heterocycles. The molecule has 2 rings (SSSR count). The maximum absolute atomic E-state index is 11.1. The van der Waals surface area contributed by atoms with Crippen LogP contribution in [0.3, 0.4) is 0 Å². The Morgan fingerprint density at radius 3 is 2.63 bits per heavy atom. The first kappa shape index (κ1) is 14.2. The third-order valence-corrected chi connectivity index (χ3v) is 4.07. The van der Waals surface area contributed by atoms with E-state index in [0.29, 0.717) is 17.0 Å². The van der Waals surface area contributed by atoms with Crippen LogP contribution in [0.2, 0.25) is 5.02 Å². The number of carboxylic acid groups (broad SMARTS) is 1. The van der Waals surface area contributed by atoms with Crippen LogP contribution < -0.4 is 4.90 Å². The molecule has 0 saturated heterocycles. The molecule has 0 heterocycles. The van der Waals surface area contributed by atoms with E-state index in [1.54, 1.807) is 0 Å². The van der Waals surface area contributed by atoms with Crippen molar-refractivity contribution < 1.29 is 9.90 Å². The number of benzene rings is 1. The third kappa shape index (κ3) is 3.87. The molecular formula is C15H20ClNO2. The van der Waals surface area contributed by atoms with Crippen LogP contribution in [0, 0.1) is 5.92 Å². The second-order valence-electron chi connectivity index (χ2n) is 5.42. The minimum absolute atomic E-state index is 0.0546. The Labute approximate surface area is 119 Å². The van der Waals surface area contributed by atoms with E-state index < -0.39 is 5.97 Å². The highest BCUT2D eigenvalue weighted by atomic mass is 35.5. The topological polar surface area (TPSA) is 40.5 Å². The maximum Gasteiger partial charge on any atom is 0.323 e. The summed E-state index contributed by atoms with van der Waals surface area (Å²) < 4.78 is 0. The first-order chi connectivity index (χ1) is 9.06. The number of hydrogen-bond acceptors (Lipinski definition) is 2. The SMILES string of the molecule is CC1CCCC(N(CC(=O)O)c2ccc(Cl)cc2)C1. The van der Waals surface area contributed by atoms with Crippen LogP contribution in [0.5, 0.6) is 0 Å².